The lowest BCUT2D eigenvalue weighted by molar-refractivity contribution is 1.14. The van der Waals surface area contributed by atoms with Gasteiger partial charge in [0.2, 0.25) is 0 Å². The fourth-order valence-corrected chi connectivity index (χ4v) is 8.59. The minimum Gasteiger partial charge on any atom is -0.310 e. The highest BCUT2D eigenvalue weighted by Crippen LogP contribution is 2.47. The minimum absolute atomic E-state index is 0.831. The smallest absolute Gasteiger partial charge is 0.0543 e. The zero-order valence-electron chi connectivity index (χ0n) is 29.2. The molecule has 1 nitrogen and oxygen atoms in total. The molecule has 0 amide bonds. The van der Waals surface area contributed by atoms with Gasteiger partial charge in [0.25, 0.3) is 0 Å². The molecule has 9 aromatic rings. The Labute approximate surface area is 305 Å². The van der Waals surface area contributed by atoms with E-state index in [1.165, 1.54) is 88.1 Å². The van der Waals surface area contributed by atoms with Crippen LogP contribution in [0.2, 0.25) is 0 Å². The van der Waals surface area contributed by atoms with E-state index >= 15 is 0 Å². The van der Waals surface area contributed by atoms with Crippen LogP contribution in [0, 0.1) is 6.92 Å². The Hall–Kier alpha value is -6.44. The summed E-state index contributed by atoms with van der Waals surface area (Å²) in [7, 11) is 0. The lowest BCUT2D eigenvalue weighted by Crippen LogP contribution is -2.13. The van der Waals surface area contributed by atoms with Gasteiger partial charge in [-0.25, -0.2) is 0 Å². The molecule has 1 heteroatoms. The summed E-state index contributed by atoms with van der Waals surface area (Å²) in [4.78, 5) is 2.49. The summed E-state index contributed by atoms with van der Waals surface area (Å²) in [5.74, 6) is 0. The van der Waals surface area contributed by atoms with E-state index in [0.717, 1.165) is 24.2 Å². The van der Waals surface area contributed by atoms with Gasteiger partial charge in [0.05, 0.1) is 5.69 Å². The number of rotatable bonds is 3. The van der Waals surface area contributed by atoms with Crippen molar-refractivity contribution in [1.29, 1.82) is 0 Å². The Bertz CT molecular complexity index is 2770. The van der Waals surface area contributed by atoms with Gasteiger partial charge in [-0.3, -0.25) is 0 Å². The van der Waals surface area contributed by atoms with E-state index in [1.54, 1.807) is 0 Å². The predicted octanol–water partition coefficient (Wildman–Crippen LogP) is 13.8. The molecule has 0 bridgehead atoms. The molecule has 0 aliphatic heterocycles. The third-order valence-corrected chi connectivity index (χ3v) is 11.0. The van der Waals surface area contributed by atoms with Crippen molar-refractivity contribution in [3.63, 3.8) is 0 Å². The van der Waals surface area contributed by atoms with Crippen LogP contribution in [0.1, 0.15) is 27.8 Å². The summed E-state index contributed by atoms with van der Waals surface area (Å²) in [6.07, 6.45) is 1.69. The molecule has 9 aromatic carbocycles. The Morgan fingerprint density at radius 3 is 1.40 bits per heavy atom. The number of aryl methyl sites for hydroxylation is 1. The number of hydrogen-bond donors (Lipinski definition) is 0. The standard InChI is InChI=1S/C51H37N/c1-34-25-27-39(28-26-34)52(40-29-30-48-46-22-9-8-20-44(46)45-21-10-11-23-47(45)49(48)33-40)50-24-12-16-38-32-36-14-3-6-18-42(36)41-17-5-2-13-35(41)31-37-15-4-7-19-43(37)51(38)50/h2-30,33H,31-32H2,1H3. The van der Waals surface area contributed by atoms with E-state index in [1.807, 2.05) is 0 Å². The fraction of sp³-hybridized carbons (Fsp3) is 0.0588. The molecular formula is C51H37N. The molecule has 0 atom stereocenters. The average molecular weight is 664 g/mol. The van der Waals surface area contributed by atoms with Crippen LogP contribution in [-0.4, -0.2) is 0 Å². The van der Waals surface area contributed by atoms with Gasteiger partial charge in [-0.15, -0.1) is 0 Å². The van der Waals surface area contributed by atoms with Crippen molar-refractivity contribution in [3.05, 3.63) is 210 Å². The van der Waals surface area contributed by atoms with Crippen LogP contribution < -0.4 is 4.90 Å². The first-order chi connectivity index (χ1) is 25.7. The lowest BCUT2D eigenvalue weighted by Gasteiger charge is -2.31. The van der Waals surface area contributed by atoms with Gasteiger partial charge < -0.3 is 4.90 Å². The topological polar surface area (TPSA) is 3.24 Å². The van der Waals surface area contributed by atoms with Gasteiger partial charge >= 0.3 is 0 Å². The van der Waals surface area contributed by atoms with Gasteiger partial charge in [-0.2, -0.15) is 0 Å². The molecule has 0 N–H and O–H groups in total. The highest BCUT2D eigenvalue weighted by atomic mass is 15.1. The predicted molar refractivity (Wildman–Crippen MR) is 221 cm³/mol. The maximum Gasteiger partial charge on any atom is 0.0543 e. The molecule has 0 radical (unpaired) electrons. The Morgan fingerprint density at radius 2 is 0.788 bits per heavy atom. The third-order valence-electron chi connectivity index (χ3n) is 11.0. The summed E-state index contributed by atoms with van der Waals surface area (Å²) in [6, 6.07) is 67.7. The zero-order valence-corrected chi connectivity index (χ0v) is 29.2. The van der Waals surface area contributed by atoms with Crippen LogP contribution in [0.15, 0.2) is 182 Å². The van der Waals surface area contributed by atoms with Crippen molar-refractivity contribution in [3.8, 4) is 22.3 Å². The number of fused-ring (bicyclic) bond motifs is 12. The van der Waals surface area contributed by atoms with Gasteiger partial charge in [-0.1, -0.05) is 157 Å². The van der Waals surface area contributed by atoms with E-state index in [4.69, 9.17) is 0 Å². The summed E-state index contributed by atoms with van der Waals surface area (Å²) >= 11 is 0. The molecule has 1 aliphatic rings. The Kier molecular flexibility index (Phi) is 7.25. The maximum absolute atomic E-state index is 2.49. The molecule has 0 fully saturated rings. The molecule has 0 spiro atoms. The normalized spacial score (nSPS) is 12.2. The summed E-state index contributed by atoms with van der Waals surface area (Å²) in [5.41, 5.74) is 15.3. The van der Waals surface area contributed by atoms with Crippen molar-refractivity contribution in [1.82, 2.24) is 0 Å². The van der Waals surface area contributed by atoms with Crippen LogP contribution in [0.5, 0.6) is 0 Å². The summed E-state index contributed by atoms with van der Waals surface area (Å²) in [5, 5.41) is 7.69. The molecule has 10 rings (SSSR count). The van der Waals surface area contributed by atoms with Gasteiger partial charge in [0, 0.05) is 16.9 Å². The summed E-state index contributed by atoms with van der Waals surface area (Å²) in [6.45, 7) is 2.16. The number of hydrogen-bond acceptors (Lipinski definition) is 1. The Morgan fingerprint density at radius 1 is 0.346 bits per heavy atom. The van der Waals surface area contributed by atoms with E-state index in [0.29, 0.717) is 0 Å². The highest BCUT2D eigenvalue weighted by Gasteiger charge is 2.24. The Balaban J connectivity index is 1.27. The first kappa shape index (κ1) is 30.4. The second kappa shape index (κ2) is 12.4. The van der Waals surface area contributed by atoms with Crippen LogP contribution in [0.3, 0.4) is 0 Å². The molecule has 0 aromatic heterocycles. The third kappa shape index (κ3) is 5.00. The van der Waals surface area contributed by atoms with Crippen molar-refractivity contribution in [2.75, 3.05) is 4.90 Å². The number of benzene rings is 9. The largest absolute Gasteiger partial charge is 0.310 e. The van der Waals surface area contributed by atoms with Crippen LogP contribution in [0.25, 0.3) is 54.6 Å². The SMILES string of the molecule is Cc1ccc(N(c2ccc3c4ccccc4c4ccccc4c3c2)c2cccc3c2-c2ccccc2Cc2ccccc2-c2ccccc2C3)cc1. The molecule has 0 saturated carbocycles. The second-order valence-electron chi connectivity index (χ2n) is 14.1. The zero-order chi connectivity index (χ0) is 34.6. The van der Waals surface area contributed by atoms with Crippen molar-refractivity contribution < 1.29 is 0 Å². The quantitative estimate of drug-likeness (QED) is 0.170. The van der Waals surface area contributed by atoms with E-state index in [2.05, 4.69) is 194 Å². The van der Waals surface area contributed by atoms with Gasteiger partial charge in [-0.05, 0) is 121 Å². The van der Waals surface area contributed by atoms with Crippen LogP contribution >= 0.6 is 0 Å². The van der Waals surface area contributed by atoms with E-state index in [9.17, 15) is 0 Å². The molecule has 52 heavy (non-hydrogen) atoms. The molecule has 0 unspecified atom stereocenters. The second-order valence-corrected chi connectivity index (χ2v) is 14.1. The van der Waals surface area contributed by atoms with Gasteiger partial charge in [0.1, 0.15) is 0 Å². The number of nitrogens with zero attached hydrogens (tertiary/aromatic N) is 1. The minimum atomic E-state index is 0.831. The first-order valence-electron chi connectivity index (χ1n) is 18.3. The van der Waals surface area contributed by atoms with Crippen molar-refractivity contribution in [2.45, 2.75) is 19.8 Å². The van der Waals surface area contributed by atoms with Crippen molar-refractivity contribution in [2.24, 2.45) is 0 Å². The molecule has 0 saturated heterocycles. The first-order valence-corrected chi connectivity index (χ1v) is 18.3. The molecular weight excluding hydrogens is 627 g/mol. The lowest BCUT2D eigenvalue weighted by atomic mass is 9.83. The highest BCUT2D eigenvalue weighted by molar-refractivity contribution is 6.25. The van der Waals surface area contributed by atoms with E-state index < -0.39 is 0 Å². The number of anilines is 3. The summed E-state index contributed by atoms with van der Waals surface area (Å²) < 4.78 is 0. The van der Waals surface area contributed by atoms with Gasteiger partial charge in [0.15, 0.2) is 0 Å². The average Bonchev–Trinajstić information content (AvgIpc) is 3.20. The van der Waals surface area contributed by atoms with E-state index in [-0.39, 0.29) is 0 Å². The monoisotopic (exact) mass is 663 g/mol. The molecule has 246 valence electrons. The molecule has 0 heterocycles. The maximum atomic E-state index is 2.49. The molecule has 1 aliphatic carbocycles. The van der Waals surface area contributed by atoms with Crippen LogP contribution in [0.4, 0.5) is 17.1 Å². The van der Waals surface area contributed by atoms with Crippen molar-refractivity contribution >= 4 is 49.4 Å². The fourth-order valence-electron chi connectivity index (χ4n) is 8.59. The van der Waals surface area contributed by atoms with Crippen LogP contribution in [-0.2, 0) is 12.8 Å².